The molecule has 0 radical (unpaired) electrons. The Morgan fingerprint density at radius 3 is 1.08 bits per heavy atom. The number of hydrogen-bond acceptors (Lipinski definition) is 0. The van der Waals surface area contributed by atoms with E-state index in [1.807, 2.05) is 0 Å². The molecule has 0 saturated carbocycles. The van der Waals surface area contributed by atoms with E-state index in [0.717, 1.165) is 0 Å². The quantitative estimate of drug-likeness (QED) is 0.422. The van der Waals surface area contributed by atoms with Crippen LogP contribution in [0.3, 0.4) is 0 Å². The van der Waals surface area contributed by atoms with Crippen LogP contribution in [0.25, 0.3) is 0 Å². The average molecular weight is 510 g/mol. The van der Waals surface area contributed by atoms with Gasteiger partial charge in [-0.3, -0.25) is 0 Å². The molecule has 0 spiro atoms. The second-order valence-corrected chi connectivity index (χ2v) is 35.0. The van der Waals surface area contributed by atoms with Gasteiger partial charge in [0.25, 0.3) is 0 Å². The zero-order valence-corrected chi connectivity index (χ0v) is 22.6. The summed E-state index contributed by atoms with van der Waals surface area (Å²) in [7, 11) is 0. The molecule has 0 saturated heterocycles. The van der Waals surface area contributed by atoms with E-state index < -0.39 is 39.8 Å². The van der Waals surface area contributed by atoms with Crippen molar-refractivity contribution in [2.45, 2.75) is 34.5 Å². The van der Waals surface area contributed by atoms with Crippen LogP contribution in [-0.2, 0) is 0 Å². The van der Waals surface area contributed by atoms with Crippen molar-refractivity contribution in [1.82, 2.24) is 0 Å². The van der Waals surface area contributed by atoms with Gasteiger partial charge in [0, 0.05) is 0 Å². The predicted octanol–water partition coefficient (Wildman–Crippen LogP) is 4.09. The van der Waals surface area contributed by atoms with Crippen LogP contribution < -0.4 is 8.79 Å². The molecule has 0 aliphatic carbocycles. The summed E-state index contributed by atoms with van der Waals surface area (Å²) in [4.78, 5) is 0. The van der Waals surface area contributed by atoms with Gasteiger partial charge in [0.15, 0.2) is 0 Å². The van der Waals surface area contributed by atoms with Gasteiger partial charge < -0.3 is 0 Å². The van der Waals surface area contributed by atoms with E-state index in [4.69, 9.17) is 0 Å². The van der Waals surface area contributed by atoms with Crippen molar-refractivity contribution < 1.29 is 0 Å². The summed E-state index contributed by atoms with van der Waals surface area (Å²) in [6.07, 6.45) is 0. The fraction of sp³-hybridized carbons (Fsp3) is 0.273. The van der Waals surface area contributed by atoms with Crippen LogP contribution in [0.2, 0.25) is 34.5 Å². The summed E-state index contributed by atoms with van der Waals surface area (Å²) in [6, 6.07) is 21.7. The molecule has 0 atom stereocenters. The number of hydrogen-bond donors (Lipinski definition) is 0. The van der Waals surface area contributed by atoms with E-state index in [1.165, 1.54) is 8.79 Å². The normalized spacial score (nSPS) is 11.8. The fourth-order valence-corrected chi connectivity index (χ4v) is 22.0. The zero-order valence-electron chi connectivity index (χ0n) is 16.3. The second kappa shape index (κ2) is 8.25. The minimum absolute atomic E-state index is 1.37. The molecule has 2 rings (SSSR count). The molecule has 0 N–H and O–H groups in total. The molecule has 25 heavy (non-hydrogen) atoms. The summed E-state index contributed by atoms with van der Waals surface area (Å²) in [5.41, 5.74) is 0. The van der Waals surface area contributed by atoms with Crippen LogP contribution in [0.4, 0.5) is 0 Å². The molecular weight excluding hydrogens is 482 g/mol. The summed E-state index contributed by atoms with van der Waals surface area (Å²) in [5.74, 6) is 14.2. The Bertz CT molecular complexity index is 744. The third-order valence-electron chi connectivity index (χ3n) is 3.66. The maximum atomic E-state index is 3.86. The van der Waals surface area contributed by atoms with Crippen molar-refractivity contribution in [2.75, 3.05) is 0 Å². The van der Waals surface area contributed by atoms with Crippen molar-refractivity contribution in [1.29, 1.82) is 0 Å². The molecule has 128 valence electrons. The van der Waals surface area contributed by atoms with Crippen LogP contribution in [0, 0.1) is 19.0 Å². The molecule has 0 aromatic heterocycles. The molecule has 0 heterocycles. The van der Waals surface area contributed by atoms with Crippen molar-refractivity contribution in [3.05, 3.63) is 60.7 Å². The first kappa shape index (κ1) is 20.5. The van der Waals surface area contributed by atoms with Gasteiger partial charge in [-0.15, -0.1) is 0 Å². The molecule has 0 unspecified atom stereocenters. The Balaban J connectivity index is 2.82. The van der Waals surface area contributed by atoms with Crippen LogP contribution in [0.15, 0.2) is 60.7 Å². The molecule has 2 aromatic rings. The van der Waals surface area contributed by atoms with Crippen LogP contribution >= 0.6 is 0 Å². The fourth-order valence-electron chi connectivity index (χ4n) is 2.43. The second-order valence-electron chi connectivity index (χ2n) is 8.48. The Morgan fingerprint density at radius 2 is 0.800 bits per heavy atom. The third kappa shape index (κ3) is 6.14. The van der Waals surface area contributed by atoms with Crippen LogP contribution in [0.1, 0.15) is 0 Å². The first-order valence-electron chi connectivity index (χ1n) is 8.82. The van der Waals surface area contributed by atoms with Crippen molar-refractivity contribution >= 4 is 48.6 Å². The standard InChI is InChI=1S/C22H28Ge3/c1-23(2,3)17-19-25(20-18-24(4,5)6,21-13-9-7-10-14-21)22-15-11-8-12-16-22/h7-16H,1-6H3. The van der Waals surface area contributed by atoms with E-state index in [9.17, 15) is 0 Å². The molecule has 2 aromatic carbocycles. The average Bonchev–Trinajstić information content (AvgIpc) is 2.55. The van der Waals surface area contributed by atoms with Gasteiger partial charge in [0.2, 0.25) is 0 Å². The van der Waals surface area contributed by atoms with E-state index in [1.54, 1.807) is 0 Å². The topological polar surface area (TPSA) is 0 Å². The monoisotopic (exact) mass is 514 g/mol. The van der Waals surface area contributed by atoms with Gasteiger partial charge in [-0.25, -0.2) is 0 Å². The van der Waals surface area contributed by atoms with E-state index in [2.05, 4.69) is 114 Å². The predicted molar refractivity (Wildman–Crippen MR) is 120 cm³/mol. The van der Waals surface area contributed by atoms with E-state index in [0.29, 0.717) is 0 Å². The Hall–Kier alpha value is -0.811. The van der Waals surface area contributed by atoms with Gasteiger partial charge >= 0.3 is 163 Å². The molecule has 0 amide bonds. The molecule has 3 heteroatoms. The summed E-state index contributed by atoms with van der Waals surface area (Å²) >= 11 is -7.01. The zero-order chi connectivity index (χ0) is 18.6. The SMILES string of the molecule is [CH3][Ge]([CH3])([CH3])[C]#[C][Ge]([C]#[C][Ge]([CH3])([CH3])[CH3])([c]1ccccc1)[c]1ccccc1. The van der Waals surface area contributed by atoms with E-state index >= 15 is 0 Å². The van der Waals surface area contributed by atoms with Crippen molar-refractivity contribution in [3.8, 4) is 19.0 Å². The summed E-state index contributed by atoms with van der Waals surface area (Å²) in [6.45, 7) is 0. The first-order valence-corrected chi connectivity index (χ1v) is 27.7. The number of rotatable bonds is 2. The van der Waals surface area contributed by atoms with Crippen LogP contribution in [-0.4, -0.2) is 39.8 Å². The molecule has 0 bridgehead atoms. The van der Waals surface area contributed by atoms with Gasteiger partial charge in [0.05, 0.1) is 0 Å². The Morgan fingerprint density at radius 1 is 0.480 bits per heavy atom. The minimum atomic E-state index is -3.05. The van der Waals surface area contributed by atoms with Crippen LogP contribution in [0.5, 0.6) is 0 Å². The molecule has 0 aliphatic heterocycles. The Kier molecular flexibility index (Phi) is 6.77. The number of benzene rings is 2. The molecule has 0 nitrogen and oxygen atoms in total. The third-order valence-corrected chi connectivity index (χ3v) is 16.7. The summed E-state index contributed by atoms with van der Waals surface area (Å²) in [5, 5.41) is 0. The van der Waals surface area contributed by atoms with Crippen molar-refractivity contribution in [2.24, 2.45) is 0 Å². The van der Waals surface area contributed by atoms with E-state index in [-0.39, 0.29) is 0 Å². The van der Waals surface area contributed by atoms with Gasteiger partial charge in [-0.05, 0) is 0 Å². The van der Waals surface area contributed by atoms with Crippen molar-refractivity contribution in [3.63, 3.8) is 0 Å². The maximum absolute atomic E-state index is 3.86. The molecular formula is C22H28Ge3. The Labute approximate surface area is 161 Å². The summed E-state index contributed by atoms with van der Waals surface area (Å²) < 4.78 is 17.9. The molecule has 0 aliphatic rings. The van der Waals surface area contributed by atoms with Gasteiger partial charge in [-0.1, -0.05) is 0 Å². The van der Waals surface area contributed by atoms with Gasteiger partial charge in [-0.2, -0.15) is 0 Å². The first-order chi connectivity index (χ1) is 11.6. The van der Waals surface area contributed by atoms with Gasteiger partial charge in [0.1, 0.15) is 0 Å². The molecule has 0 fully saturated rings.